The molecule has 2 rings (SSSR count). The molecule has 1 aromatic heterocycles. The third-order valence-corrected chi connectivity index (χ3v) is 3.72. The van der Waals surface area contributed by atoms with E-state index in [-0.39, 0.29) is 30.7 Å². The predicted molar refractivity (Wildman–Crippen MR) is 76.2 cm³/mol. The molecule has 1 fully saturated rings. The fourth-order valence-electron chi connectivity index (χ4n) is 2.69. The van der Waals surface area contributed by atoms with Crippen molar-refractivity contribution >= 4 is 11.6 Å². The smallest absolute Gasteiger partial charge is 0.251 e. The van der Waals surface area contributed by atoms with Gasteiger partial charge in [0.25, 0.3) is 5.56 Å². The van der Waals surface area contributed by atoms with E-state index in [1.165, 1.54) is 22.9 Å². The van der Waals surface area contributed by atoms with Gasteiger partial charge in [0.1, 0.15) is 6.54 Å². The summed E-state index contributed by atoms with van der Waals surface area (Å²) >= 11 is 0. The standard InChI is InChI=1S/C14H21N3O3/c15-11-4-5-13(19)16(9-11)10-14(20)17-7-2-1-3-12(17)6-8-18/h4-5,9,12,18H,1-3,6-8,10,15H2. The number of anilines is 1. The highest BCUT2D eigenvalue weighted by Gasteiger charge is 2.26. The number of nitrogens with two attached hydrogens (primary N) is 1. The number of piperidine rings is 1. The van der Waals surface area contributed by atoms with Crippen LogP contribution in [0.25, 0.3) is 0 Å². The molecule has 6 heteroatoms. The van der Waals surface area contributed by atoms with Crippen molar-refractivity contribution in [2.75, 3.05) is 18.9 Å². The van der Waals surface area contributed by atoms with Crippen molar-refractivity contribution in [3.8, 4) is 0 Å². The first-order valence-electron chi connectivity index (χ1n) is 6.98. The van der Waals surface area contributed by atoms with Gasteiger partial charge in [-0.15, -0.1) is 0 Å². The summed E-state index contributed by atoms with van der Waals surface area (Å²) in [5, 5.41) is 9.08. The Balaban J connectivity index is 2.09. The first kappa shape index (κ1) is 14.6. The van der Waals surface area contributed by atoms with Crippen LogP contribution in [-0.2, 0) is 11.3 Å². The summed E-state index contributed by atoms with van der Waals surface area (Å²) in [5.41, 5.74) is 5.87. The molecule has 2 heterocycles. The summed E-state index contributed by atoms with van der Waals surface area (Å²) in [6, 6.07) is 2.97. The maximum Gasteiger partial charge on any atom is 0.251 e. The van der Waals surface area contributed by atoms with Crippen molar-refractivity contribution in [2.24, 2.45) is 0 Å². The number of carbonyl (C=O) groups is 1. The van der Waals surface area contributed by atoms with Gasteiger partial charge in [-0.25, -0.2) is 0 Å². The van der Waals surface area contributed by atoms with E-state index in [4.69, 9.17) is 10.8 Å². The van der Waals surface area contributed by atoms with Gasteiger partial charge in [-0.1, -0.05) is 0 Å². The lowest BCUT2D eigenvalue weighted by atomic mass is 9.99. The first-order chi connectivity index (χ1) is 9.61. The molecule has 0 aromatic carbocycles. The minimum absolute atomic E-state index is 0.00576. The van der Waals surface area contributed by atoms with Crippen LogP contribution in [0, 0.1) is 0 Å². The van der Waals surface area contributed by atoms with Gasteiger partial charge in [0.2, 0.25) is 5.91 Å². The molecule has 1 aliphatic rings. The Labute approximate surface area is 117 Å². The van der Waals surface area contributed by atoms with E-state index >= 15 is 0 Å². The number of nitrogens with zero attached hydrogens (tertiary/aromatic N) is 2. The second-order valence-electron chi connectivity index (χ2n) is 5.18. The maximum absolute atomic E-state index is 12.4. The van der Waals surface area contributed by atoms with Crippen molar-refractivity contribution in [1.29, 1.82) is 0 Å². The molecular formula is C14H21N3O3. The SMILES string of the molecule is Nc1ccc(=O)n(CC(=O)N2CCCCC2CCO)c1. The molecule has 1 aromatic rings. The number of likely N-dealkylation sites (tertiary alicyclic amines) is 1. The van der Waals surface area contributed by atoms with Crippen LogP contribution in [0.5, 0.6) is 0 Å². The topological polar surface area (TPSA) is 88.6 Å². The zero-order valence-corrected chi connectivity index (χ0v) is 11.5. The van der Waals surface area contributed by atoms with Crippen LogP contribution in [0.2, 0.25) is 0 Å². The average molecular weight is 279 g/mol. The number of hydrogen-bond acceptors (Lipinski definition) is 4. The van der Waals surface area contributed by atoms with E-state index in [2.05, 4.69) is 0 Å². The van der Waals surface area contributed by atoms with E-state index in [1.807, 2.05) is 0 Å². The maximum atomic E-state index is 12.4. The summed E-state index contributed by atoms with van der Waals surface area (Å²) in [6.45, 7) is 0.777. The van der Waals surface area contributed by atoms with Gasteiger partial charge in [0.15, 0.2) is 0 Å². The number of hydrogen-bond donors (Lipinski definition) is 2. The van der Waals surface area contributed by atoms with Crippen molar-refractivity contribution in [1.82, 2.24) is 9.47 Å². The Morgan fingerprint density at radius 2 is 2.20 bits per heavy atom. The molecule has 1 amide bonds. The molecule has 0 spiro atoms. The summed E-state index contributed by atoms with van der Waals surface area (Å²) in [4.78, 5) is 25.8. The molecule has 1 atom stereocenters. The van der Waals surface area contributed by atoms with Crippen molar-refractivity contribution in [3.63, 3.8) is 0 Å². The Kier molecular flexibility index (Phi) is 4.79. The lowest BCUT2D eigenvalue weighted by molar-refractivity contribution is -0.135. The largest absolute Gasteiger partial charge is 0.398 e. The molecular weight excluding hydrogens is 258 g/mol. The van der Waals surface area contributed by atoms with Gasteiger partial charge in [0.05, 0.1) is 0 Å². The van der Waals surface area contributed by atoms with Gasteiger partial charge in [-0.2, -0.15) is 0 Å². The number of carbonyl (C=O) groups excluding carboxylic acids is 1. The quantitative estimate of drug-likeness (QED) is 0.823. The van der Waals surface area contributed by atoms with E-state index in [1.54, 1.807) is 4.90 Å². The second-order valence-corrected chi connectivity index (χ2v) is 5.18. The van der Waals surface area contributed by atoms with Gasteiger partial charge in [-0.05, 0) is 31.7 Å². The van der Waals surface area contributed by atoms with Crippen molar-refractivity contribution < 1.29 is 9.90 Å². The number of amides is 1. The Morgan fingerprint density at radius 1 is 1.40 bits per heavy atom. The first-order valence-corrected chi connectivity index (χ1v) is 6.98. The number of nitrogen functional groups attached to an aromatic ring is 1. The zero-order chi connectivity index (χ0) is 14.5. The summed E-state index contributed by atoms with van der Waals surface area (Å²) in [6.07, 6.45) is 5.05. The molecule has 1 aliphatic heterocycles. The van der Waals surface area contributed by atoms with Crippen LogP contribution >= 0.6 is 0 Å². The third-order valence-electron chi connectivity index (χ3n) is 3.72. The lowest BCUT2D eigenvalue weighted by Crippen LogP contribution is -2.46. The molecule has 20 heavy (non-hydrogen) atoms. The number of aliphatic hydroxyl groups excluding tert-OH is 1. The Bertz CT molecular complexity index is 525. The fourth-order valence-corrected chi connectivity index (χ4v) is 2.69. The number of pyridine rings is 1. The number of aliphatic hydroxyl groups is 1. The number of aromatic nitrogens is 1. The van der Waals surface area contributed by atoms with Crippen LogP contribution < -0.4 is 11.3 Å². The molecule has 3 N–H and O–H groups in total. The highest BCUT2D eigenvalue weighted by Crippen LogP contribution is 2.19. The van der Waals surface area contributed by atoms with Crippen LogP contribution in [0.3, 0.4) is 0 Å². The molecule has 1 saturated heterocycles. The van der Waals surface area contributed by atoms with Crippen molar-refractivity contribution in [2.45, 2.75) is 38.3 Å². The summed E-state index contributed by atoms with van der Waals surface area (Å²) in [5.74, 6) is -0.0872. The Hall–Kier alpha value is -1.82. The fraction of sp³-hybridized carbons (Fsp3) is 0.571. The van der Waals surface area contributed by atoms with Gasteiger partial charge in [0, 0.05) is 37.1 Å². The molecule has 0 radical (unpaired) electrons. The minimum atomic E-state index is -0.233. The van der Waals surface area contributed by atoms with E-state index in [0.717, 1.165) is 19.3 Å². The molecule has 1 unspecified atom stereocenters. The van der Waals surface area contributed by atoms with Crippen molar-refractivity contribution in [3.05, 3.63) is 28.7 Å². The van der Waals surface area contributed by atoms with Crippen LogP contribution in [0.4, 0.5) is 5.69 Å². The highest BCUT2D eigenvalue weighted by atomic mass is 16.3. The van der Waals surface area contributed by atoms with Crippen LogP contribution in [-0.4, -0.2) is 39.7 Å². The Morgan fingerprint density at radius 3 is 2.95 bits per heavy atom. The van der Waals surface area contributed by atoms with Crippen LogP contribution in [0.15, 0.2) is 23.1 Å². The average Bonchev–Trinajstić information content (AvgIpc) is 2.44. The zero-order valence-electron chi connectivity index (χ0n) is 11.5. The van der Waals surface area contributed by atoms with E-state index in [0.29, 0.717) is 18.7 Å². The van der Waals surface area contributed by atoms with E-state index in [9.17, 15) is 9.59 Å². The normalized spacial score (nSPS) is 19.1. The summed E-state index contributed by atoms with van der Waals surface area (Å²) < 4.78 is 1.34. The highest BCUT2D eigenvalue weighted by molar-refractivity contribution is 5.76. The third kappa shape index (κ3) is 3.39. The van der Waals surface area contributed by atoms with Gasteiger partial charge < -0.3 is 20.3 Å². The predicted octanol–water partition coefficient (Wildman–Crippen LogP) is 0.194. The second kappa shape index (κ2) is 6.56. The molecule has 0 bridgehead atoms. The molecule has 0 saturated carbocycles. The minimum Gasteiger partial charge on any atom is -0.398 e. The van der Waals surface area contributed by atoms with Gasteiger partial charge >= 0.3 is 0 Å². The van der Waals surface area contributed by atoms with E-state index < -0.39 is 0 Å². The lowest BCUT2D eigenvalue weighted by Gasteiger charge is -2.35. The number of rotatable bonds is 4. The van der Waals surface area contributed by atoms with Crippen LogP contribution in [0.1, 0.15) is 25.7 Å². The summed E-state index contributed by atoms with van der Waals surface area (Å²) in [7, 11) is 0. The molecule has 110 valence electrons. The molecule has 0 aliphatic carbocycles. The monoisotopic (exact) mass is 279 g/mol. The van der Waals surface area contributed by atoms with Gasteiger partial charge in [-0.3, -0.25) is 9.59 Å². The molecule has 6 nitrogen and oxygen atoms in total.